The number of nitrogens with zero attached hydrogens (tertiary/aromatic N) is 2. The Kier molecular flexibility index (Phi) is 3.67. The van der Waals surface area contributed by atoms with Gasteiger partial charge < -0.3 is 14.8 Å². The maximum absolute atomic E-state index is 5.62. The minimum atomic E-state index is 0.620. The third kappa shape index (κ3) is 2.82. The van der Waals surface area contributed by atoms with E-state index in [1.54, 1.807) is 6.20 Å². The molecule has 0 amide bonds. The molecule has 5 heteroatoms. The molecule has 0 unspecified atom stereocenters. The maximum atomic E-state index is 5.62. The highest BCUT2D eigenvalue weighted by atomic mass is 16.6. The zero-order valence-corrected chi connectivity index (χ0v) is 11.4. The first kappa shape index (κ1) is 12.7. The van der Waals surface area contributed by atoms with Crippen LogP contribution in [-0.4, -0.2) is 29.7 Å². The predicted molar refractivity (Wildman–Crippen MR) is 76.4 cm³/mol. The number of benzene rings is 1. The molecule has 1 aromatic heterocycles. The number of hydrogen-bond acceptors (Lipinski definition) is 5. The number of aryl methyl sites for hydroxylation is 1. The smallest absolute Gasteiger partial charge is 0.161 e. The molecule has 0 radical (unpaired) electrons. The minimum Gasteiger partial charge on any atom is -0.486 e. The Balaban J connectivity index is 1.65. The van der Waals surface area contributed by atoms with E-state index in [9.17, 15) is 0 Å². The Morgan fingerprint density at radius 1 is 1.20 bits per heavy atom. The average Bonchev–Trinajstić information content (AvgIpc) is 2.49. The molecule has 0 aliphatic carbocycles. The van der Waals surface area contributed by atoms with Gasteiger partial charge in [0.25, 0.3) is 0 Å². The lowest BCUT2D eigenvalue weighted by atomic mass is 10.0. The van der Waals surface area contributed by atoms with E-state index in [1.807, 2.05) is 6.07 Å². The van der Waals surface area contributed by atoms with E-state index in [4.69, 9.17) is 9.47 Å². The molecule has 5 nitrogen and oxygen atoms in total. The quantitative estimate of drug-likeness (QED) is 0.924. The highest BCUT2D eigenvalue weighted by molar-refractivity contribution is 5.48. The highest BCUT2D eigenvalue weighted by Gasteiger charge is 2.13. The molecule has 2 aromatic rings. The largest absolute Gasteiger partial charge is 0.486 e. The van der Waals surface area contributed by atoms with E-state index in [0.29, 0.717) is 13.2 Å². The zero-order chi connectivity index (χ0) is 13.8. The average molecular weight is 271 g/mol. The van der Waals surface area contributed by atoms with Crippen molar-refractivity contribution in [1.29, 1.82) is 0 Å². The van der Waals surface area contributed by atoms with E-state index in [0.717, 1.165) is 30.3 Å². The SMILES string of the molecule is Cc1cc2c(cc1CCNc1ccncn1)OCCO2. The summed E-state index contributed by atoms with van der Waals surface area (Å²) in [6, 6.07) is 5.98. The van der Waals surface area contributed by atoms with Crippen molar-refractivity contribution in [3.63, 3.8) is 0 Å². The molecule has 0 atom stereocenters. The zero-order valence-electron chi connectivity index (χ0n) is 11.4. The fraction of sp³-hybridized carbons (Fsp3) is 0.333. The van der Waals surface area contributed by atoms with Crippen LogP contribution in [0.5, 0.6) is 11.5 Å². The Morgan fingerprint density at radius 2 is 2.00 bits per heavy atom. The molecule has 0 spiro atoms. The molecule has 1 aliphatic rings. The standard InChI is InChI=1S/C15H17N3O2/c1-11-8-13-14(20-7-6-19-13)9-12(11)2-5-17-15-3-4-16-10-18-15/h3-4,8-10H,2,5-7H2,1H3,(H,16,17,18). The molecule has 0 bridgehead atoms. The number of rotatable bonds is 4. The first-order chi connectivity index (χ1) is 9.83. The van der Waals surface area contributed by atoms with Crippen molar-refractivity contribution in [3.05, 3.63) is 41.9 Å². The van der Waals surface area contributed by atoms with Crippen LogP contribution in [0.15, 0.2) is 30.7 Å². The third-order valence-corrected chi connectivity index (χ3v) is 3.28. The summed E-state index contributed by atoms with van der Waals surface area (Å²) in [5.41, 5.74) is 2.48. The summed E-state index contributed by atoms with van der Waals surface area (Å²) in [5.74, 6) is 2.54. The summed E-state index contributed by atoms with van der Waals surface area (Å²) in [4.78, 5) is 8.03. The van der Waals surface area contributed by atoms with Crippen LogP contribution in [0, 0.1) is 6.92 Å². The van der Waals surface area contributed by atoms with Crippen LogP contribution in [-0.2, 0) is 6.42 Å². The van der Waals surface area contributed by atoms with Crippen LogP contribution in [0.4, 0.5) is 5.82 Å². The Morgan fingerprint density at radius 3 is 2.75 bits per heavy atom. The van der Waals surface area contributed by atoms with Gasteiger partial charge in [0.2, 0.25) is 0 Å². The number of anilines is 1. The second-order valence-corrected chi connectivity index (χ2v) is 4.69. The molecule has 0 fully saturated rings. The van der Waals surface area contributed by atoms with Crippen molar-refractivity contribution >= 4 is 5.82 Å². The van der Waals surface area contributed by atoms with Gasteiger partial charge in [0.15, 0.2) is 11.5 Å². The minimum absolute atomic E-state index is 0.620. The summed E-state index contributed by atoms with van der Waals surface area (Å²) >= 11 is 0. The van der Waals surface area contributed by atoms with E-state index < -0.39 is 0 Å². The maximum Gasteiger partial charge on any atom is 0.161 e. The topological polar surface area (TPSA) is 56.3 Å². The molecular weight excluding hydrogens is 254 g/mol. The number of nitrogens with one attached hydrogen (secondary N) is 1. The lowest BCUT2D eigenvalue weighted by Crippen LogP contribution is -2.16. The van der Waals surface area contributed by atoms with Gasteiger partial charge in [-0.1, -0.05) is 0 Å². The Bertz CT molecular complexity index is 587. The van der Waals surface area contributed by atoms with Gasteiger partial charge in [0.1, 0.15) is 25.4 Å². The molecule has 1 aliphatic heterocycles. The van der Waals surface area contributed by atoms with E-state index in [1.165, 1.54) is 17.5 Å². The summed E-state index contributed by atoms with van der Waals surface area (Å²) in [6.45, 7) is 4.16. The molecule has 104 valence electrons. The van der Waals surface area contributed by atoms with Crippen LogP contribution < -0.4 is 14.8 Å². The van der Waals surface area contributed by atoms with Gasteiger partial charge in [-0.25, -0.2) is 9.97 Å². The summed E-state index contributed by atoms with van der Waals surface area (Å²) in [5, 5.41) is 3.28. The number of fused-ring (bicyclic) bond motifs is 1. The molecule has 0 saturated heterocycles. The number of aromatic nitrogens is 2. The fourth-order valence-corrected chi connectivity index (χ4v) is 2.22. The van der Waals surface area contributed by atoms with Crippen LogP contribution in [0.2, 0.25) is 0 Å². The molecule has 3 rings (SSSR count). The van der Waals surface area contributed by atoms with Crippen LogP contribution in [0.25, 0.3) is 0 Å². The number of hydrogen-bond donors (Lipinski definition) is 1. The Labute approximate surface area is 118 Å². The second kappa shape index (κ2) is 5.77. The van der Waals surface area contributed by atoms with Crippen LogP contribution >= 0.6 is 0 Å². The predicted octanol–water partition coefficient (Wildman–Crippen LogP) is 2.21. The molecule has 1 N–H and O–H groups in total. The van der Waals surface area contributed by atoms with E-state index in [-0.39, 0.29) is 0 Å². The number of ether oxygens (including phenoxy) is 2. The van der Waals surface area contributed by atoms with Crippen LogP contribution in [0.3, 0.4) is 0 Å². The van der Waals surface area contributed by atoms with Crippen LogP contribution in [0.1, 0.15) is 11.1 Å². The first-order valence-electron chi connectivity index (χ1n) is 6.72. The lowest BCUT2D eigenvalue weighted by molar-refractivity contribution is 0.171. The van der Waals surface area contributed by atoms with Crippen molar-refractivity contribution in [2.24, 2.45) is 0 Å². The van der Waals surface area contributed by atoms with E-state index >= 15 is 0 Å². The van der Waals surface area contributed by atoms with Crippen molar-refractivity contribution in [2.45, 2.75) is 13.3 Å². The molecule has 0 saturated carbocycles. The van der Waals surface area contributed by atoms with Crippen molar-refractivity contribution in [2.75, 3.05) is 25.1 Å². The van der Waals surface area contributed by atoms with Gasteiger partial charge in [-0.2, -0.15) is 0 Å². The molecule has 1 aromatic carbocycles. The lowest BCUT2D eigenvalue weighted by Gasteiger charge is -2.20. The Hall–Kier alpha value is -2.30. The molecular formula is C15H17N3O2. The second-order valence-electron chi connectivity index (χ2n) is 4.69. The van der Waals surface area contributed by atoms with Gasteiger partial charge in [0, 0.05) is 12.7 Å². The first-order valence-corrected chi connectivity index (χ1v) is 6.72. The third-order valence-electron chi connectivity index (χ3n) is 3.28. The monoisotopic (exact) mass is 271 g/mol. The van der Waals surface area contributed by atoms with Gasteiger partial charge in [-0.05, 0) is 42.7 Å². The molecule has 20 heavy (non-hydrogen) atoms. The van der Waals surface area contributed by atoms with Gasteiger partial charge in [0.05, 0.1) is 0 Å². The molecule has 2 heterocycles. The summed E-state index contributed by atoms with van der Waals surface area (Å²) < 4.78 is 11.2. The van der Waals surface area contributed by atoms with Crippen molar-refractivity contribution in [1.82, 2.24) is 9.97 Å². The fourth-order valence-electron chi connectivity index (χ4n) is 2.22. The van der Waals surface area contributed by atoms with Gasteiger partial charge in [-0.15, -0.1) is 0 Å². The van der Waals surface area contributed by atoms with Gasteiger partial charge >= 0.3 is 0 Å². The summed E-state index contributed by atoms with van der Waals surface area (Å²) in [7, 11) is 0. The van der Waals surface area contributed by atoms with Crippen molar-refractivity contribution in [3.8, 4) is 11.5 Å². The van der Waals surface area contributed by atoms with Crippen molar-refractivity contribution < 1.29 is 9.47 Å². The highest BCUT2D eigenvalue weighted by Crippen LogP contribution is 2.33. The van der Waals surface area contributed by atoms with Gasteiger partial charge in [-0.3, -0.25) is 0 Å². The normalized spacial score (nSPS) is 13.1. The van der Waals surface area contributed by atoms with E-state index in [2.05, 4.69) is 34.3 Å². The summed E-state index contributed by atoms with van der Waals surface area (Å²) in [6.07, 6.45) is 4.18.